The lowest BCUT2D eigenvalue weighted by molar-refractivity contribution is 0.602. The minimum absolute atomic E-state index is 0.111. The number of benzene rings is 1. The predicted octanol–water partition coefficient (Wildman–Crippen LogP) is 3.00. The van der Waals surface area contributed by atoms with E-state index in [1.807, 2.05) is 0 Å². The highest BCUT2D eigenvalue weighted by Crippen LogP contribution is 2.25. The van der Waals surface area contributed by atoms with Gasteiger partial charge in [0.1, 0.15) is 5.82 Å². The third kappa shape index (κ3) is 2.81. The Labute approximate surface area is 121 Å². The van der Waals surface area contributed by atoms with Gasteiger partial charge >= 0.3 is 0 Å². The third-order valence-electron chi connectivity index (χ3n) is 2.06. The van der Waals surface area contributed by atoms with Gasteiger partial charge in [0.2, 0.25) is 0 Å². The van der Waals surface area contributed by atoms with Gasteiger partial charge in [0, 0.05) is 0 Å². The molecule has 0 amide bonds. The Morgan fingerprint density at radius 1 is 1.44 bits per heavy atom. The first kappa shape index (κ1) is 13.7. The first-order valence-corrected chi connectivity index (χ1v) is 8.17. The van der Waals surface area contributed by atoms with E-state index in [0.717, 1.165) is 11.3 Å². The van der Waals surface area contributed by atoms with Crippen molar-refractivity contribution in [3.63, 3.8) is 0 Å². The molecule has 1 aromatic heterocycles. The van der Waals surface area contributed by atoms with E-state index >= 15 is 0 Å². The molecule has 0 radical (unpaired) electrons. The monoisotopic (exact) mass is 398 g/mol. The molecule has 1 aromatic carbocycles. The average molecular weight is 398 g/mol. The van der Waals surface area contributed by atoms with Crippen LogP contribution in [0.1, 0.15) is 5.01 Å². The van der Waals surface area contributed by atoms with Crippen LogP contribution >= 0.6 is 33.9 Å². The largest absolute Gasteiger partial charge is 0.278 e. The molecule has 0 bridgehead atoms. The summed E-state index contributed by atoms with van der Waals surface area (Å²) < 4.78 is 40.0. The fourth-order valence-corrected chi connectivity index (χ4v) is 4.10. The molecule has 0 aliphatic heterocycles. The molecule has 0 atom stereocenters. The molecule has 0 aliphatic carbocycles. The third-order valence-corrected chi connectivity index (χ3v) is 5.90. The van der Waals surface area contributed by atoms with E-state index in [9.17, 15) is 12.8 Å². The molecule has 2 rings (SSSR count). The predicted molar refractivity (Wildman–Crippen MR) is 76.8 cm³/mol. The van der Waals surface area contributed by atoms with E-state index in [1.54, 1.807) is 29.5 Å². The van der Waals surface area contributed by atoms with Gasteiger partial charge in [-0.25, -0.2) is 17.8 Å². The molecule has 0 saturated carbocycles. The van der Waals surface area contributed by atoms with Crippen molar-refractivity contribution in [3.05, 3.63) is 38.8 Å². The summed E-state index contributed by atoms with van der Waals surface area (Å²) >= 11 is 2.82. The minimum atomic E-state index is -3.70. The van der Waals surface area contributed by atoms with Crippen LogP contribution < -0.4 is 4.72 Å². The highest BCUT2D eigenvalue weighted by molar-refractivity contribution is 14.1. The fraction of sp³-hybridized carbons (Fsp3) is 0.100. The Bertz CT molecular complexity index is 685. The maximum Gasteiger partial charge on any atom is 0.273 e. The van der Waals surface area contributed by atoms with Crippen LogP contribution in [0.2, 0.25) is 0 Å². The number of aryl methyl sites for hydroxylation is 1. The number of nitrogens with zero attached hydrogens (tertiary/aromatic N) is 1. The van der Waals surface area contributed by atoms with Crippen LogP contribution in [-0.4, -0.2) is 13.4 Å². The maximum atomic E-state index is 13.3. The second-order valence-electron chi connectivity index (χ2n) is 3.41. The number of aromatic nitrogens is 1. The molecule has 0 aliphatic rings. The van der Waals surface area contributed by atoms with Gasteiger partial charge in [-0.1, -0.05) is 6.07 Å². The molecule has 0 spiro atoms. The number of hydrogen-bond donors (Lipinski definition) is 1. The minimum Gasteiger partial charge on any atom is -0.278 e. The summed E-state index contributed by atoms with van der Waals surface area (Å²) in [5.41, 5.74) is 0.224. The standard InChI is InChI=1S/C10H8FIN2O2S2/c1-6-13-5-9(17-6)18(15,16)14-8-4-2-3-7(11)10(8)12/h2-5,14H,1H3. The second kappa shape index (κ2) is 5.10. The summed E-state index contributed by atoms with van der Waals surface area (Å²) in [7, 11) is -3.70. The Balaban J connectivity index is 2.37. The van der Waals surface area contributed by atoms with Gasteiger partial charge in [0.15, 0.2) is 4.21 Å². The zero-order chi connectivity index (χ0) is 13.3. The number of anilines is 1. The highest BCUT2D eigenvalue weighted by Gasteiger charge is 2.19. The van der Waals surface area contributed by atoms with Crippen molar-refractivity contribution in [1.82, 2.24) is 4.98 Å². The number of hydrogen-bond acceptors (Lipinski definition) is 4. The van der Waals surface area contributed by atoms with E-state index in [1.165, 1.54) is 24.4 Å². The zero-order valence-corrected chi connectivity index (χ0v) is 12.9. The summed E-state index contributed by atoms with van der Waals surface area (Å²) in [5, 5.41) is 0.657. The lowest BCUT2D eigenvalue weighted by atomic mass is 10.3. The number of halogens is 2. The summed E-state index contributed by atoms with van der Waals surface area (Å²) in [4.78, 5) is 3.89. The van der Waals surface area contributed by atoms with Crippen LogP contribution in [0.4, 0.5) is 10.1 Å². The van der Waals surface area contributed by atoms with E-state index in [0.29, 0.717) is 5.01 Å². The van der Waals surface area contributed by atoms with Crippen LogP contribution in [0.25, 0.3) is 0 Å². The lowest BCUT2D eigenvalue weighted by Crippen LogP contribution is -2.12. The van der Waals surface area contributed by atoms with Crippen molar-refractivity contribution in [2.24, 2.45) is 0 Å². The summed E-state index contributed by atoms with van der Waals surface area (Å²) in [6, 6.07) is 4.24. The Morgan fingerprint density at radius 2 is 2.17 bits per heavy atom. The van der Waals surface area contributed by atoms with Gasteiger partial charge in [-0.15, -0.1) is 11.3 Å². The number of rotatable bonds is 3. The smallest absolute Gasteiger partial charge is 0.273 e. The summed E-state index contributed by atoms with van der Waals surface area (Å²) in [6.45, 7) is 1.72. The maximum absolute atomic E-state index is 13.3. The Morgan fingerprint density at radius 3 is 2.78 bits per heavy atom. The Hall–Kier alpha value is -0.740. The second-order valence-corrected chi connectivity index (χ2v) is 7.63. The van der Waals surface area contributed by atoms with E-state index in [-0.39, 0.29) is 13.5 Å². The van der Waals surface area contributed by atoms with Crippen molar-refractivity contribution in [2.75, 3.05) is 4.72 Å². The van der Waals surface area contributed by atoms with Crippen molar-refractivity contribution >= 4 is 49.6 Å². The van der Waals surface area contributed by atoms with Gasteiger partial charge in [0.05, 0.1) is 20.5 Å². The Kier molecular flexibility index (Phi) is 3.87. The average Bonchev–Trinajstić information content (AvgIpc) is 2.72. The van der Waals surface area contributed by atoms with Gasteiger partial charge in [-0.05, 0) is 41.6 Å². The van der Waals surface area contributed by atoms with Crippen molar-refractivity contribution in [3.8, 4) is 0 Å². The quantitative estimate of drug-likeness (QED) is 0.809. The molecule has 1 heterocycles. The highest BCUT2D eigenvalue weighted by atomic mass is 127. The van der Waals surface area contributed by atoms with Crippen LogP contribution in [0.5, 0.6) is 0 Å². The first-order chi connectivity index (χ1) is 8.40. The molecule has 1 N–H and O–H groups in total. The molecule has 18 heavy (non-hydrogen) atoms. The van der Waals surface area contributed by atoms with Crippen molar-refractivity contribution in [2.45, 2.75) is 11.1 Å². The van der Waals surface area contributed by atoms with E-state index < -0.39 is 15.8 Å². The number of sulfonamides is 1. The van der Waals surface area contributed by atoms with Crippen LogP contribution in [0.15, 0.2) is 28.6 Å². The summed E-state index contributed by atoms with van der Waals surface area (Å²) in [5.74, 6) is -0.462. The van der Waals surface area contributed by atoms with Gasteiger partial charge in [-0.2, -0.15) is 0 Å². The van der Waals surface area contributed by atoms with Crippen molar-refractivity contribution in [1.29, 1.82) is 0 Å². The molecule has 96 valence electrons. The topological polar surface area (TPSA) is 59.1 Å². The SMILES string of the molecule is Cc1ncc(S(=O)(=O)Nc2cccc(F)c2I)s1. The molecule has 2 aromatic rings. The first-order valence-electron chi connectivity index (χ1n) is 4.79. The van der Waals surface area contributed by atoms with E-state index in [4.69, 9.17) is 0 Å². The lowest BCUT2D eigenvalue weighted by Gasteiger charge is -2.08. The molecule has 0 fully saturated rings. The molecule has 4 nitrogen and oxygen atoms in total. The van der Waals surface area contributed by atoms with Crippen LogP contribution in [0.3, 0.4) is 0 Å². The molecular weight excluding hydrogens is 390 g/mol. The fourth-order valence-electron chi connectivity index (χ4n) is 1.24. The van der Waals surface area contributed by atoms with Gasteiger partial charge < -0.3 is 0 Å². The molecule has 0 unspecified atom stereocenters. The molecule has 0 saturated heterocycles. The molecular formula is C10H8FIN2O2S2. The van der Waals surface area contributed by atoms with Gasteiger partial charge in [0.25, 0.3) is 10.0 Å². The normalized spacial score (nSPS) is 11.5. The van der Waals surface area contributed by atoms with Crippen LogP contribution in [-0.2, 0) is 10.0 Å². The summed E-state index contributed by atoms with van der Waals surface area (Å²) in [6.07, 6.45) is 1.29. The number of nitrogens with one attached hydrogen (secondary N) is 1. The van der Waals surface area contributed by atoms with Crippen LogP contribution in [0, 0.1) is 16.3 Å². The zero-order valence-electron chi connectivity index (χ0n) is 9.15. The van der Waals surface area contributed by atoms with E-state index in [2.05, 4.69) is 9.71 Å². The molecule has 8 heteroatoms. The number of thiazole rings is 1. The van der Waals surface area contributed by atoms with Gasteiger partial charge in [-0.3, -0.25) is 4.72 Å². The van der Waals surface area contributed by atoms with Crippen molar-refractivity contribution < 1.29 is 12.8 Å².